The molecule has 4 aromatic rings. The highest BCUT2D eigenvalue weighted by atomic mass is 79.9. The van der Waals surface area contributed by atoms with Gasteiger partial charge in [0.1, 0.15) is 18.0 Å². The van der Waals surface area contributed by atoms with Gasteiger partial charge in [0.05, 0.1) is 13.3 Å². The molecule has 1 heterocycles. The summed E-state index contributed by atoms with van der Waals surface area (Å²) < 4.78 is 31.3. The smallest absolute Gasteiger partial charge is 0.307 e. The second-order valence-electron chi connectivity index (χ2n) is 6.78. The van der Waals surface area contributed by atoms with Gasteiger partial charge < -0.3 is 13.9 Å². The molecule has 0 radical (unpaired) electrons. The third-order valence-corrected chi connectivity index (χ3v) is 5.10. The topological polar surface area (TPSA) is 73.1 Å². The van der Waals surface area contributed by atoms with E-state index in [9.17, 15) is 9.18 Å². The van der Waals surface area contributed by atoms with Crippen LogP contribution >= 0.6 is 15.9 Å². The highest BCUT2D eigenvalue weighted by Gasteiger charge is 2.12. The van der Waals surface area contributed by atoms with E-state index in [1.54, 1.807) is 48.5 Å². The lowest BCUT2D eigenvalue weighted by atomic mass is 10.2. The maximum atomic E-state index is 13.8. The van der Waals surface area contributed by atoms with Gasteiger partial charge in [-0.3, -0.25) is 4.79 Å². The number of amides is 1. The van der Waals surface area contributed by atoms with E-state index >= 15 is 0 Å². The molecule has 0 saturated heterocycles. The number of rotatable bonds is 7. The van der Waals surface area contributed by atoms with Gasteiger partial charge in [0, 0.05) is 15.4 Å². The second kappa shape index (κ2) is 9.65. The first-order valence-electron chi connectivity index (χ1n) is 9.60. The number of hydrazone groups is 1. The van der Waals surface area contributed by atoms with E-state index in [0.29, 0.717) is 28.2 Å². The Morgan fingerprint density at radius 1 is 1.12 bits per heavy atom. The quantitative estimate of drug-likeness (QED) is 0.263. The maximum Gasteiger partial charge on any atom is 0.307 e. The molecule has 6 nitrogen and oxygen atoms in total. The molecule has 0 unspecified atom stereocenters. The van der Waals surface area contributed by atoms with Crippen LogP contribution in [-0.4, -0.2) is 19.2 Å². The molecule has 32 heavy (non-hydrogen) atoms. The fourth-order valence-corrected chi connectivity index (χ4v) is 3.38. The summed E-state index contributed by atoms with van der Waals surface area (Å²) in [6, 6.07) is 18.7. The highest BCUT2D eigenvalue weighted by Crippen LogP contribution is 2.28. The molecule has 8 heteroatoms. The van der Waals surface area contributed by atoms with Crippen molar-refractivity contribution in [1.29, 1.82) is 0 Å². The van der Waals surface area contributed by atoms with Crippen molar-refractivity contribution in [1.82, 2.24) is 5.43 Å². The van der Waals surface area contributed by atoms with Gasteiger partial charge >= 0.3 is 5.91 Å². The minimum Gasteiger partial charge on any atom is -0.493 e. The summed E-state index contributed by atoms with van der Waals surface area (Å²) >= 11 is 3.39. The monoisotopic (exact) mass is 496 g/mol. The van der Waals surface area contributed by atoms with Crippen LogP contribution in [0.4, 0.5) is 4.39 Å². The van der Waals surface area contributed by atoms with Crippen LogP contribution in [0.1, 0.15) is 21.7 Å². The van der Waals surface area contributed by atoms with Crippen molar-refractivity contribution in [2.75, 3.05) is 7.11 Å². The van der Waals surface area contributed by atoms with Gasteiger partial charge in [-0.25, -0.2) is 9.82 Å². The molecule has 0 saturated carbocycles. The standard InChI is InChI=1S/C24H18BrFN2O4/c1-30-22-10-15(6-8-21(22)31-14-16-4-2-3-5-19(16)26)13-27-28-24(29)23-12-17-11-18(25)7-9-20(17)32-23/h2-13H,14H2,1H3,(H,28,29)/b27-13+. The van der Waals surface area contributed by atoms with Gasteiger partial charge in [-0.15, -0.1) is 0 Å². The van der Waals surface area contributed by atoms with E-state index in [2.05, 4.69) is 26.5 Å². The fraction of sp³-hybridized carbons (Fsp3) is 0.0833. The van der Waals surface area contributed by atoms with Gasteiger partial charge in [0.25, 0.3) is 0 Å². The third-order valence-electron chi connectivity index (χ3n) is 4.61. The predicted molar refractivity (Wildman–Crippen MR) is 123 cm³/mol. The number of methoxy groups -OCH3 is 1. The van der Waals surface area contributed by atoms with Crippen LogP contribution in [0.15, 0.2) is 80.7 Å². The number of ether oxygens (including phenoxy) is 2. The molecule has 0 aliphatic heterocycles. The molecule has 3 aromatic carbocycles. The van der Waals surface area contributed by atoms with Crippen molar-refractivity contribution in [2.45, 2.75) is 6.61 Å². The molecule has 0 aliphatic rings. The van der Waals surface area contributed by atoms with Crippen molar-refractivity contribution in [3.63, 3.8) is 0 Å². The van der Waals surface area contributed by atoms with E-state index in [1.165, 1.54) is 19.4 Å². The number of furan rings is 1. The summed E-state index contributed by atoms with van der Waals surface area (Å²) in [4.78, 5) is 12.3. The molecule has 4 rings (SSSR count). The first-order chi connectivity index (χ1) is 15.5. The Bertz CT molecular complexity index is 1300. The van der Waals surface area contributed by atoms with Crippen LogP contribution in [0, 0.1) is 5.82 Å². The lowest BCUT2D eigenvalue weighted by Crippen LogP contribution is -2.16. The molecule has 0 fully saturated rings. The van der Waals surface area contributed by atoms with Crippen molar-refractivity contribution in [2.24, 2.45) is 5.10 Å². The van der Waals surface area contributed by atoms with E-state index in [4.69, 9.17) is 13.9 Å². The lowest BCUT2D eigenvalue weighted by molar-refractivity contribution is 0.0929. The number of carbonyl (C=O) groups excluding carboxylic acids is 1. The lowest BCUT2D eigenvalue weighted by Gasteiger charge is -2.11. The molecule has 1 N–H and O–H groups in total. The number of carbonyl (C=O) groups is 1. The van der Waals surface area contributed by atoms with Crippen LogP contribution in [0.25, 0.3) is 11.0 Å². The van der Waals surface area contributed by atoms with Crippen molar-refractivity contribution >= 4 is 39.0 Å². The molecule has 0 atom stereocenters. The first kappa shape index (κ1) is 21.6. The SMILES string of the molecule is COc1cc(/C=N/NC(=O)c2cc3cc(Br)ccc3o2)ccc1OCc1ccccc1F. The maximum absolute atomic E-state index is 13.8. The molecule has 0 aliphatic carbocycles. The minimum atomic E-state index is -0.467. The van der Waals surface area contributed by atoms with Gasteiger partial charge in [0.2, 0.25) is 0 Å². The fourth-order valence-electron chi connectivity index (χ4n) is 3.00. The minimum absolute atomic E-state index is 0.0700. The first-order valence-corrected chi connectivity index (χ1v) is 10.4. The van der Waals surface area contributed by atoms with Gasteiger partial charge in [-0.05, 0) is 54.1 Å². The van der Waals surface area contributed by atoms with Crippen molar-refractivity contribution in [3.8, 4) is 11.5 Å². The number of hydrogen-bond acceptors (Lipinski definition) is 5. The second-order valence-corrected chi connectivity index (χ2v) is 7.70. The Kier molecular flexibility index (Phi) is 6.51. The molecule has 1 aromatic heterocycles. The third kappa shape index (κ3) is 4.97. The van der Waals surface area contributed by atoms with Crippen LogP contribution < -0.4 is 14.9 Å². The summed E-state index contributed by atoms with van der Waals surface area (Å²) in [6.45, 7) is 0.0700. The van der Waals surface area contributed by atoms with Crippen LogP contribution in [0.5, 0.6) is 11.5 Å². The summed E-state index contributed by atoms with van der Waals surface area (Å²) in [7, 11) is 1.51. The number of benzene rings is 3. The summed E-state index contributed by atoms with van der Waals surface area (Å²) in [6.07, 6.45) is 1.47. The van der Waals surface area contributed by atoms with Crippen LogP contribution in [0.2, 0.25) is 0 Å². The number of nitrogens with one attached hydrogen (secondary N) is 1. The Morgan fingerprint density at radius 3 is 2.78 bits per heavy atom. The Hall–Kier alpha value is -3.65. The van der Waals surface area contributed by atoms with Gasteiger partial charge in [0.15, 0.2) is 17.3 Å². The molecular weight excluding hydrogens is 479 g/mol. The summed E-state index contributed by atoms with van der Waals surface area (Å²) in [5, 5.41) is 4.79. The number of fused-ring (bicyclic) bond motifs is 1. The van der Waals surface area contributed by atoms with Gasteiger partial charge in [-0.1, -0.05) is 34.1 Å². The van der Waals surface area contributed by atoms with E-state index in [-0.39, 0.29) is 18.2 Å². The summed E-state index contributed by atoms with van der Waals surface area (Å²) in [5.41, 5.74) is 4.17. The number of halogens is 2. The Morgan fingerprint density at radius 2 is 1.97 bits per heavy atom. The van der Waals surface area contributed by atoms with E-state index in [0.717, 1.165) is 9.86 Å². The van der Waals surface area contributed by atoms with Crippen molar-refractivity contribution in [3.05, 3.63) is 93.9 Å². The molecule has 1 amide bonds. The Balaban J connectivity index is 1.41. The molecule has 0 spiro atoms. The zero-order valence-corrected chi connectivity index (χ0v) is 18.6. The van der Waals surface area contributed by atoms with Crippen molar-refractivity contribution < 1.29 is 23.1 Å². The highest BCUT2D eigenvalue weighted by molar-refractivity contribution is 9.10. The van der Waals surface area contributed by atoms with E-state index < -0.39 is 5.91 Å². The summed E-state index contributed by atoms with van der Waals surface area (Å²) in [5.74, 6) is 0.281. The number of nitrogens with zero attached hydrogens (tertiary/aromatic N) is 1. The van der Waals surface area contributed by atoms with Crippen LogP contribution in [-0.2, 0) is 6.61 Å². The van der Waals surface area contributed by atoms with Gasteiger partial charge in [-0.2, -0.15) is 5.10 Å². The zero-order valence-electron chi connectivity index (χ0n) is 17.0. The average Bonchev–Trinajstić information content (AvgIpc) is 3.22. The molecular formula is C24H18BrFN2O4. The largest absolute Gasteiger partial charge is 0.493 e. The molecule has 0 bridgehead atoms. The predicted octanol–water partition coefficient (Wildman–Crippen LogP) is 5.69. The normalized spacial score (nSPS) is 11.1. The Labute approximate surface area is 191 Å². The zero-order chi connectivity index (χ0) is 22.5. The number of hydrogen-bond donors (Lipinski definition) is 1. The van der Waals surface area contributed by atoms with E-state index in [1.807, 2.05) is 12.1 Å². The van der Waals surface area contributed by atoms with Crippen LogP contribution in [0.3, 0.4) is 0 Å². The average molecular weight is 497 g/mol. The molecule has 162 valence electrons.